The highest BCUT2D eigenvalue weighted by Crippen LogP contribution is 2.38. The van der Waals surface area contributed by atoms with Gasteiger partial charge in [-0.2, -0.15) is 0 Å². The Hall–Kier alpha value is -3.72. The SMILES string of the molecule is CCOC(=O)C1=C(C)N=c2s/c(=C\c3cc(I)c(O)c([N+](=O)[O-])c3)c(=O)n2[C@@H]1c1cc(OC)ccc1OC. The van der Waals surface area contributed by atoms with E-state index in [-0.39, 0.29) is 20.3 Å². The van der Waals surface area contributed by atoms with Crippen LogP contribution in [0.2, 0.25) is 0 Å². The van der Waals surface area contributed by atoms with Crippen LogP contribution in [0.4, 0.5) is 5.69 Å². The van der Waals surface area contributed by atoms with Crippen LogP contribution in [0, 0.1) is 13.7 Å². The van der Waals surface area contributed by atoms with E-state index in [4.69, 9.17) is 14.2 Å². The largest absolute Gasteiger partial charge is 0.501 e. The number of methoxy groups -OCH3 is 2. The third-order valence-electron chi connectivity index (χ3n) is 5.81. The number of esters is 1. The molecule has 1 aliphatic rings. The first-order valence-electron chi connectivity index (χ1n) is 11.2. The van der Waals surface area contributed by atoms with Crippen LogP contribution in [0.5, 0.6) is 17.2 Å². The number of fused-ring (bicyclic) bond motifs is 1. The molecule has 0 aliphatic carbocycles. The molecule has 2 aromatic carbocycles. The number of nitro groups is 1. The van der Waals surface area contributed by atoms with E-state index >= 15 is 0 Å². The molecule has 1 atom stereocenters. The van der Waals surface area contributed by atoms with Crippen molar-refractivity contribution in [2.75, 3.05) is 20.8 Å². The molecule has 38 heavy (non-hydrogen) atoms. The third-order valence-corrected chi connectivity index (χ3v) is 7.61. The summed E-state index contributed by atoms with van der Waals surface area (Å²) in [6.07, 6.45) is 1.49. The first kappa shape index (κ1) is 27.3. The van der Waals surface area contributed by atoms with Crippen molar-refractivity contribution in [1.82, 2.24) is 4.57 Å². The lowest BCUT2D eigenvalue weighted by molar-refractivity contribution is -0.386. The number of rotatable bonds is 7. The van der Waals surface area contributed by atoms with E-state index in [1.54, 1.807) is 54.6 Å². The van der Waals surface area contributed by atoms with Crippen LogP contribution < -0.4 is 24.4 Å². The average molecular weight is 651 g/mol. The number of thiazole rings is 1. The maximum Gasteiger partial charge on any atom is 0.338 e. The molecule has 0 saturated heterocycles. The number of ether oxygens (including phenoxy) is 3. The normalized spacial score (nSPS) is 15.1. The fourth-order valence-electron chi connectivity index (χ4n) is 4.12. The van der Waals surface area contributed by atoms with Gasteiger partial charge in [-0.3, -0.25) is 19.5 Å². The van der Waals surface area contributed by atoms with Gasteiger partial charge in [-0.1, -0.05) is 11.3 Å². The molecule has 11 nitrogen and oxygen atoms in total. The molecule has 0 amide bonds. The second-order valence-electron chi connectivity index (χ2n) is 8.04. The van der Waals surface area contributed by atoms with Crippen LogP contribution in [0.15, 0.2) is 51.4 Å². The Morgan fingerprint density at radius 2 is 2.03 bits per heavy atom. The lowest BCUT2D eigenvalue weighted by Gasteiger charge is -2.26. The van der Waals surface area contributed by atoms with E-state index in [2.05, 4.69) is 4.99 Å². The van der Waals surface area contributed by atoms with Crippen molar-refractivity contribution in [2.45, 2.75) is 19.9 Å². The summed E-state index contributed by atoms with van der Waals surface area (Å²) in [5.74, 6) is -0.159. The number of phenolic OH excluding ortho intramolecular Hbond substituents is 1. The topological polar surface area (TPSA) is 142 Å². The van der Waals surface area contributed by atoms with E-state index in [9.17, 15) is 24.8 Å². The van der Waals surface area contributed by atoms with Crippen molar-refractivity contribution >= 4 is 51.7 Å². The lowest BCUT2D eigenvalue weighted by Crippen LogP contribution is -2.40. The number of hydrogen-bond acceptors (Lipinski definition) is 10. The van der Waals surface area contributed by atoms with Gasteiger partial charge in [0, 0.05) is 11.6 Å². The molecule has 0 fully saturated rings. The van der Waals surface area contributed by atoms with E-state index in [0.29, 0.717) is 33.1 Å². The summed E-state index contributed by atoms with van der Waals surface area (Å²) in [7, 11) is 2.98. The Morgan fingerprint density at radius 3 is 2.66 bits per heavy atom. The molecule has 2 heterocycles. The fraction of sp³-hybridized carbons (Fsp3) is 0.240. The van der Waals surface area contributed by atoms with Crippen LogP contribution in [0.25, 0.3) is 6.08 Å². The molecule has 4 rings (SSSR count). The van der Waals surface area contributed by atoms with E-state index in [1.165, 1.54) is 37.0 Å². The van der Waals surface area contributed by atoms with Crippen LogP contribution in [-0.2, 0) is 9.53 Å². The number of nitro benzene ring substituents is 1. The number of nitrogens with zero attached hydrogens (tertiary/aromatic N) is 3. The van der Waals surface area contributed by atoms with Crippen LogP contribution in [-0.4, -0.2) is 41.4 Å². The van der Waals surface area contributed by atoms with Crippen molar-refractivity contribution in [1.29, 1.82) is 0 Å². The van der Waals surface area contributed by atoms with Gasteiger partial charge in [-0.05, 0) is 72.3 Å². The molecule has 198 valence electrons. The first-order chi connectivity index (χ1) is 18.1. The molecule has 13 heteroatoms. The maximum absolute atomic E-state index is 13.8. The van der Waals surface area contributed by atoms with Gasteiger partial charge in [0.25, 0.3) is 5.56 Å². The van der Waals surface area contributed by atoms with Crippen LogP contribution >= 0.6 is 33.9 Å². The fourth-order valence-corrected chi connectivity index (χ4v) is 5.80. The number of hydrogen-bond donors (Lipinski definition) is 1. The zero-order chi connectivity index (χ0) is 27.7. The number of aromatic nitrogens is 1. The molecule has 3 aromatic rings. The van der Waals surface area contributed by atoms with E-state index < -0.39 is 33.9 Å². The Balaban J connectivity index is 2.02. The monoisotopic (exact) mass is 651 g/mol. The van der Waals surface area contributed by atoms with Gasteiger partial charge in [-0.25, -0.2) is 9.79 Å². The first-order valence-corrected chi connectivity index (χ1v) is 13.1. The third kappa shape index (κ3) is 4.90. The smallest absolute Gasteiger partial charge is 0.338 e. The summed E-state index contributed by atoms with van der Waals surface area (Å²) < 4.78 is 18.1. The predicted octanol–water partition coefficient (Wildman–Crippen LogP) is 3.03. The van der Waals surface area contributed by atoms with Gasteiger partial charge in [0.05, 0.1) is 45.1 Å². The number of phenols is 1. The number of allylic oxidation sites excluding steroid dienone is 1. The van der Waals surface area contributed by atoms with Crippen LogP contribution in [0.3, 0.4) is 0 Å². The summed E-state index contributed by atoms with van der Waals surface area (Å²) >= 11 is 2.85. The standard InChI is InChI=1S/C25H22IN3O8S/c1-5-37-24(32)20-12(2)27-25-28(21(20)15-11-14(35-3)6-7-18(15)36-4)23(31)19(38-25)10-13-8-16(26)22(30)17(9-13)29(33)34/h6-11,21,30H,5H2,1-4H3/b19-10-/t21-/m1/s1. The lowest BCUT2D eigenvalue weighted by atomic mass is 9.94. The Kier molecular flexibility index (Phi) is 7.87. The molecule has 1 aliphatic heterocycles. The highest BCUT2D eigenvalue weighted by molar-refractivity contribution is 14.1. The summed E-state index contributed by atoms with van der Waals surface area (Å²) in [5, 5.41) is 21.4. The average Bonchev–Trinajstić information content (AvgIpc) is 3.18. The Labute approximate surface area is 233 Å². The van der Waals surface area contributed by atoms with Crippen molar-refractivity contribution < 1.29 is 29.0 Å². The van der Waals surface area contributed by atoms with Crippen molar-refractivity contribution in [3.8, 4) is 17.2 Å². The molecule has 0 unspecified atom stereocenters. The molecule has 0 spiro atoms. The number of carbonyl (C=O) groups is 1. The number of carbonyl (C=O) groups excluding carboxylic acids is 1. The van der Waals surface area contributed by atoms with Gasteiger partial charge < -0.3 is 19.3 Å². The van der Waals surface area contributed by atoms with E-state index in [1.807, 2.05) is 0 Å². The molecule has 0 saturated carbocycles. The second kappa shape index (κ2) is 10.9. The summed E-state index contributed by atoms with van der Waals surface area (Å²) in [6.45, 7) is 3.47. The number of halogens is 1. The second-order valence-corrected chi connectivity index (χ2v) is 10.2. The molecular weight excluding hydrogens is 629 g/mol. The van der Waals surface area contributed by atoms with Gasteiger partial charge in [0.2, 0.25) is 5.75 Å². The van der Waals surface area contributed by atoms with Gasteiger partial charge in [0.1, 0.15) is 17.5 Å². The van der Waals surface area contributed by atoms with Crippen molar-refractivity contribution in [2.24, 2.45) is 4.99 Å². The van der Waals surface area contributed by atoms with Crippen molar-refractivity contribution in [3.05, 3.63) is 86.1 Å². The molecule has 1 aromatic heterocycles. The van der Waals surface area contributed by atoms with Crippen molar-refractivity contribution in [3.63, 3.8) is 0 Å². The zero-order valence-electron chi connectivity index (χ0n) is 20.7. The summed E-state index contributed by atoms with van der Waals surface area (Å²) in [5.41, 5.74) is 0.444. The Morgan fingerprint density at radius 1 is 1.29 bits per heavy atom. The Bertz CT molecular complexity index is 1670. The molecule has 1 N–H and O–H groups in total. The highest BCUT2D eigenvalue weighted by atomic mass is 127. The minimum atomic E-state index is -0.938. The molecular formula is C25H22IN3O8S. The zero-order valence-corrected chi connectivity index (χ0v) is 23.7. The highest BCUT2D eigenvalue weighted by Gasteiger charge is 2.35. The summed E-state index contributed by atoms with van der Waals surface area (Å²) in [4.78, 5) is 42.5. The van der Waals surface area contributed by atoms with Gasteiger partial charge in [-0.15, -0.1) is 0 Å². The number of benzene rings is 2. The molecule has 0 bridgehead atoms. The molecule has 0 radical (unpaired) electrons. The van der Waals surface area contributed by atoms with Gasteiger partial charge in [0.15, 0.2) is 4.80 Å². The maximum atomic E-state index is 13.8. The quantitative estimate of drug-likeness (QED) is 0.178. The minimum absolute atomic E-state index is 0.125. The van der Waals surface area contributed by atoms with E-state index in [0.717, 1.165) is 11.3 Å². The predicted molar refractivity (Wildman–Crippen MR) is 147 cm³/mol. The number of aromatic hydroxyl groups is 1. The van der Waals surface area contributed by atoms with Gasteiger partial charge >= 0.3 is 11.7 Å². The minimum Gasteiger partial charge on any atom is -0.501 e. The van der Waals surface area contributed by atoms with Crippen LogP contribution in [0.1, 0.15) is 31.0 Å². The summed E-state index contributed by atoms with van der Waals surface area (Å²) in [6, 6.07) is 6.84.